The van der Waals surface area contributed by atoms with Crippen LogP contribution in [-0.4, -0.2) is 26.8 Å². The molecule has 1 aliphatic heterocycles. The van der Waals surface area contributed by atoms with E-state index in [0.717, 1.165) is 0 Å². The van der Waals surface area contributed by atoms with Gasteiger partial charge in [0.1, 0.15) is 0 Å². The Bertz CT molecular complexity index is 533. The molecule has 0 spiro atoms. The summed E-state index contributed by atoms with van der Waals surface area (Å²) in [5.74, 6) is -0.585. The lowest BCUT2D eigenvalue weighted by molar-refractivity contribution is -0.122. The maximum absolute atomic E-state index is 12.0. The molecule has 6 heteroatoms. The van der Waals surface area contributed by atoms with E-state index in [2.05, 4.69) is 10.6 Å². The molecule has 0 bridgehead atoms. The minimum atomic E-state index is -2.10. The van der Waals surface area contributed by atoms with E-state index >= 15 is 0 Å². The predicted molar refractivity (Wildman–Crippen MR) is 58.5 cm³/mol. The van der Waals surface area contributed by atoms with Crippen LogP contribution >= 0.6 is 12.2 Å². The van der Waals surface area contributed by atoms with Gasteiger partial charge >= 0.3 is 0 Å². The fraction of sp³-hybridized carbons (Fsp3) is 0.200. The highest BCUT2D eigenvalue weighted by molar-refractivity contribution is 7.80. The maximum Gasteiger partial charge on any atom is 0.256 e. The Hall–Kier alpha value is -1.50. The van der Waals surface area contributed by atoms with Crippen molar-refractivity contribution < 1.29 is 15.0 Å². The number of aliphatic hydroxyl groups is 2. The van der Waals surface area contributed by atoms with Gasteiger partial charge in [-0.2, -0.15) is 0 Å². The molecular weight excluding hydrogens is 228 g/mol. The third kappa shape index (κ3) is 0.835. The van der Waals surface area contributed by atoms with Crippen molar-refractivity contribution in [3.63, 3.8) is 0 Å². The summed E-state index contributed by atoms with van der Waals surface area (Å²) in [7, 11) is 0. The largest absolute Gasteiger partial charge is 0.363 e. The molecule has 1 saturated heterocycles. The number of thiocarbonyl (C=S) groups is 1. The average molecular weight is 236 g/mol. The van der Waals surface area contributed by atoms with Crippen LogP contribution in [0.1, 0.15) is 15.9 Å². The number of hydrogen-bond donors (Lipinski definition) is 4. The lowest BCUT2D eigenvalue weighted by Crippen LogP contribution is -2.58. The van der Waals surface area contributed by atoms with Crippen LogP contribution in [0.25, 0.3) is 0 Å². The van der Waals surface area contributed by atoms with Crippen LogP contribution in [0.4, 0.5) is 0 Å². The molecule has 1 aliphatic carbocycles. The van der Waals surface area contributed by atoms with Crippen molar-refractivity contribution >= 4 is 23.1 Å². The second kappa shape index (κ2) is 2.60. The molecule has 0 saturated carbocycles. The normalized spacial score (nSPS) is 35.4. The highest BCUT2D eigenvalue weighted by atomic mass is 32.1. The maximum atomic E-state index is 12.0. The van der Waals surface area contributed by atoms with Crippen molar-refractivity contribution in [3.05, 3.63) is 35.4 Å². The minimum absolute atomic E-state index is 0.0489. The van der Waals surface area contributed by atoms with Crippen LogP contribution in [0.5, 0.6) is 0 Å². The number of Topliss-reactive ketones (excluding diaryl/α,β-unsaturated/α-hetero) is 1. The molecule has 0 radical (unpaired) electrons. The molecule has 1 heterocycles. The highest BCUT2D eigenvalue weighted by Crippen LogP contribution is 2.43. The summed E-state index contributed by atoms with van der Waals surface area (Å²) in [6.07, 6.45) is 0. The lowest BCUT2D eigenvalue weighted by Gasteiger charge is -2.28. The Balaban J connectivity index is 2.32. The number of ketones is 1. The van der Waals surface area contributed by atoms with Gasteiger partial charge < -0.3 is 20.8 Å². The van der Waals surface area contributed by atoms with Gasteiger partial charge in [0.05, 0.1) is 0 Å². The molecule has 5 nitrogen and oxygen atoms in total. The number of carbonyl (C=O) groups excluding carboxylic acids is 1. The number of benzene rings is 1. The van der Waals surface area contributed by atoms with Crippen LogP contribution in [0.15, 0.2) is 24.3 Å². The molecule has 0 amide bonds. The van der Waals surface area contributed by atoms with Gasteiger partial charge in [-0.25, -0.2) is 0 Å². The molecule has 82 valence electrons. The van der Waals surface area contributed by atoms with Crippen LogP contribution in [0, 0.1) is 0 Å². The van der Waals surface area contributed by atoms with Crippen LogP contribution in [0.2, 0.25) is 0 Å². The van der Waals surface area contributed by atoms with Crippen molar-refractivity contribution in [1.29, 1.82) is 0 Å². The quantitative estimate of drug-likeness (QED) is 0.441. The van der Waals surface area contributed by atoms with E-state index in [1.807, 2.05) is 0 Å². The smallest absolute Gasteiger partial charge is 0.256 e. The van der Waals surface area contributed by atoms with E-state index in [4.69, 9.17) is 12.2 Å². The van der Waals surface area contributed by atoms with Crippen molar-refractivity contribution in [2.24, 2.45) is 0 Å². The summed E-state index contributed by atoms with van der Waals surface area (Å²) in [6.45, 7) is 0. The minimum Gasteiger partial charge on any atom is -0.363 e. The Labute approximate surface area is 96.1 Å². The number of nitrogens with one attached hydrogen (secondary N) is 2. The predicted octanol–water partition coefficient (Wildman–Crippen LogP) is -0.806. The number of hydrogen-bond acceptors (Lipinski definition) is 4. The van der Waals surface area contributed by atoms with Gasteiger partial charge in [-0.15, -0.1) is 0 Å². The van der Waals surface area contributed by atoms with E-state index in [9.17, 15) is 15.0 Å². The standard InChI is InChI=1S/C10H8N2O3S/c13-7-5-3-1-2-4-6(5)9(14)10(7,15)12-8(16)11-9/h1-4,14-15H,(H2,11,12,16)/t9-,10+/m0/s1. The summed E-state index contributed by atoms with van der Waals surface area (Å²) in [5, 5.41) is 25.5. The molecule has 0 unspecified atom stereocenters. The van der Waals surface area contributed by atoms with E-state index in [0.29, 0.717) is 5.56 Å². The Morgan fingerprint density at radius 2 is 1.75 bits per heavy atom. The average Bonchev–Trinajstić information content (AvgIpc) is 2.57. The van der Waals surface area contributed by atoms with Gasteiger partial charge in [0.25, 0.3) is 5.72 Å². The second-order valence-corrected chi connectivity index (χ2v) is 4.28. The first-order chi connectivity index (χ1) is 7.49. The van der Waals surface area contributed by atoms with Gasteiger partial charge in [0.2, 0.25) is 11.5 Å². The number of carbonyl (C=O) groups is 1. The molecule has 3 rings (SSSR count). The molecule has 2 atom stereocenters. The van der Waals surface area contributed by atoms with Gasteiger partial charge in [-0.3, -0.25) is 4.79 Å². The zero-order valence-corrected chi connectivity index (χ0v) is 8.84. The van der Waals surface area contributed by atoms with Gasteiger partial charge in [0.15, 0.2) is 5.11 Å². The Morgan fingerprint density at radius 1 is 1.12 bits per heavy atom. The fourth-order valence-corrected chi connectivity index (χ4v) is 2.51. The molecule has 16 heavy (non-hydrogen) atoms. The number of fused-ring (bicyclic) bond motifs is 3. The zero-order valence-electron chi connectivity index (χ0n) is 8.02. The van der Waals surface area contributed by atoms with Crippen LogP contribution in [-0.2, 0) is 5.72 Å². The first-order valence-corrected chi connectivity index (χ1v) is 5.09. The zero-order chi connectivity index (χ0) is 11.6. The van der Waals surface area contributed by atoms with E-state index in [1.165, 1.54) is 0 Å². The van der Waals surface area contributed by atoms with E-state index in [1.54, 1.807) is 24.3 Å². The Kier molecular flexibility index (Phi) is 1.58. The molecule has 4 N–H and O–H groups in total. The van der Waals surface area contributed by atoms with Crippen LogP contribution < -0.4 is 10.6 Å². The molecule has 1 aromatic carbocycles. The first kappa shape index (κ1) is 9.71. The molecule has 1 aromatic rings. The topological polar surface area (TPSA) is 81.6 Å². The summed E-state index contributed by atoms with van der Waals surface area (Å²) >= 11 is 4.80. The van der Waals surface area contributed by atoms with Crippen molar-refractivity contribution in [2.45, 2.75) is 11.4 Å². The molecular formula is C10H8N2O3S. The first-order valence-electron chi connectivity index (χ1n) is 4.68. The second-order valence-electron chi connectivity index (χ2n) is 3.87. The monoisotopic (exact) mass is 236 g/mol. The van der Waals surface area contributed by atoms with Gasteiger partial charge in [0, 0.05) is 11.1 Å². The number of rotatable bonds is 0. The van der Waals surface area contributed by atoms with Gasteiger partial charge in [-0.1, -0.05) is 24.3 Å². The third-order valence-electron chi connectivity index (χ3n) is 3.00. The van der Waals surface area contributed by atoms with Crippen molar-refractivity contribution in [1.82, 2.24) is 10.6 Å². The van der Waals surface area contributed by atoms with E-state index < -0.39 is 17.2 Å². The third-order valence-corrected chi connectivity index (χ3v) is 3.21. The SMILES string of the molecule is O=C1c2ccccc2[C@@]2(O)NC(=S)N[C@@]12O. The highest BCUT2D eigenvalue weighted by Gasteiger charge is 2.67. The summed E-state index contributed by atoms with van der Waals surface area (Å²) in [5.41, 5.74) is -3.37. The van der Waals surface area contributed by atoms with Crippen molar-refractivity contribution in [2.75, 3.05) is 0 Å². The summed E-state index contributed by atoms with van der Waals surface area (Å²) in [6, 6.07) is 6.48. The fourth-order valence-electron chi connectivity index (χ4n) is 2.22. The Morgan fingerprint density at radius 3 is 2.50 bits per heavy atom. The summed E-state index contributed by atoms with van der Waals surface area (Å²) in [4.78, 5) is 12.0. The molecule has 2 aliphatic rings. The molecule has 0 aromatic heterocycles. The summed E-state index contributed by atoms with van der Waals surface area (Å²) < 4.78 is 0. The van der Waals surface area contributed by atoms with Gasteiger partial charge in [-0.05, 0) is 12.2 Å². The molecule has 1 fully saturated rings. The van der Waals surface area contributed by atoms with E-state index in [-0.39, 0.29) is 10.7 Å². The van der Waals surface area contributed by atoms with Crippen LogP contribution in [0.3, 0.4) is 0 Å². The van der Waals surface area contributed by atoms with Crippen molar-refractivity contribution in [3.8, 4) is 0 Å². The lowest BCUT2D eigenvalue weighted by atomic mass is 10.0.